The molecule has 1 aliphatic heterocycles. The van der Waals surface area contributed by atoms with Gasteiger partial charge in [0.15, 0.2) is 0 Å². The van der Waals surface area contributed by atoms with Crippen LogP contribution in [0.1, 0.15) is 0 Å². The highest BCUT2D eigenvalue weighted by atomic mass is 35.5. The summed E-state index contributed by atoms with van der Waals surface area (Å²) in [4.78, 5) is 14.5. The van der Waals surface area contributed by atoms with Gasteiger partial charge in [0.05, 0.1) is 24.2 Å². The molecule has 1 amide bonds. The van der Waals surface area contributed by atoms with Crippen LogP contribution in [0.25, 0.3) is 0 Å². The van der Waals surface area contributed by atoms with Gasteiger partial charge in [0.1, 0.15) is 5.75 Å². The van der Waals surface area contributed by atoms with E-state index < -0.39 is 10.0 Å². The van der Waals surface area contributed by atoms with E-state index in [1.807, 2.05) is 4.90 Å². The van der Waals surface area contributed by atoms with Crippen LogP contribution < -0.4 is 10.1 Å². The normalized spacial score (nSPS) is 15.8. The zero-order valence-electron chi connectivity index (χ0n) is 15.8. The molecule has 156 valence electrons. The van der Waals surface area contributed by atoms with E-state index in [0.29, 0.717) is 47.7 Å². The van der Waals surface area contributed by atoms with E-state index in [4.69, 9.17) is 27.9 Å². The smallest absolute Gasteiger partial charge is 0.243 e. The first kappa shape index (κ1) is 21.9. The van der Waals surface area contributed by atoms with Gasteiger partial charge in [-0.2, -0.15) is 4.31 Å². The Morgan fingerprint density at radius 1 is 1.03 bits per heavy atom. The van der Waals surface area contributed by atoms with Gasteiger partial charge in [-0.3, -0.25) is 9.69 Å². The maximum atomic E-state index is 12.7. The van der Waals surface area contributed by atoms with Crippen molar-refractivity contribution in [1.82, 2.24) is 9.21 Å². The Hall–Kier alpha value is -1.84. The van der Waals surface area contributed by atoms with E-state index in [1.54, 1.807) is 30.3 Å². The highest BCUT2D eigenvalue weighted by molar-refractivity contribution is 7.89. The number of halogens is 2. The van der Waals surface area contributed by atoms with Crippen LogP contribution in [0.2, 0.25) is 10.0 Å². The SMILES string of the molecule is COc1ccc(Cl)cc1NC(=O)CN1CCN(S(=O)(=O)c2ccc(Cl)cc2)CC1. The summed E-state index contributed by atoms with van der Waals surface area (Å²) in [6.45, 7) is 1.65. The standard InChI is InChI=1S/C19H21Cl2N3O4S/c1-28-18-7-4-15(21)12-17(18)22-19(25)13-23-8-10-24(11-9-23)29(26,27)16-5-2-14(20)3-6-16/h2-7,12H,8-11,13H2,1H3,(H,22,25). The van der Waals surface area contributed by atoms with Gasteiger partial charge >= 0.3 is 0 Å². The van der Waals surface area contributed by atoms with E-state index in [2.05, 4.69) is 5.32 Å². The number of hydrogen-bond acceptors (Lipinski definition) is 5. The van der Waals surface area contributed by atoms with E-state index in [-0.39, 0.29) is 17.3 Å². The van der Waals surface area contributed by atoms with Crippen molar-refractivity contribution < 1.29 is 17.9 Å². The van der Waals surface area contributed by atoms with E-state index in [1.165, 1.54) is 23.5 Å². The molecule has 1 fully saturated rings. The zero-order chi connectivity index (χ0) is 21.0. The second kappa shape index (κ2) is 9.32. The van der Waals surface area contributed by atoms with Gasteiger partial charge in [-0.15, -0.1) is 0 Å². The minimum Gasteiger partial charge on any atom is -0.495 e. The number of carbonyl (C=O) groups is 1. The van der Waals surface area contributed by atoms with Gasteiger partial charge in [-0.1, -0.05) is 23.2 Å². The minimum absolute atomic E-state index is 0.143. The Labute approximate surface area is 180 Å². The van der Waals surface area contributed by atoms with Crippen molar-refractivity contribution in [2.75, 3.05) is 45.2 Å². The molecule has 0 aromatic heterocycles. The Balaban J connectivity index is 1.56. The summed E-state index contributed by atoms with van der Waals surface area (Å²) in [6, 6.07) is 11.1. The van der Waals surface area contributed by atoms with Crippen molar-refractivity contribution in [3.05, 3.63) is 52.5 Å². The fraction of sp³-hybridized carbons (Fsp3) is 0.316. The molecule has 1 aliphatic rings. The molecule has 1 heterocycles. The predicted octanol–water partition coefficient (Wildman–Crippen LogP) is 2.95. The molecule has 1 N–H and O–H groups in total. The molecule has 0 radical (unpaired) electrons. The molecular formula is C19H21Cl2N3O4S. The molecule has 0 aliphatic carbocycles. The summed E-state index contributed by atoms with van der Waals surface area (Å²) in [6.07, 6.45) is 0. The largest absolute Gasteiger partial charge is 0.495 e. The number of amides is 1. The first-order valence-corrected chi connectivity index (χ1v) is 11.1. The number of carbonyl (C=O) groups excluding carboxylic acids is 1. The van der Waals surface area contributed by atoms with Crippen LogP contribution in [-0.4, -0.2) is 63.4 Å². The maximum absolute atomic E-state index is 12.7. The number of ether oxygens (including phenoxy) is 1. The van der Waals surface area contributed by atoms with Gasteiger partial charge in [0.25, 0.3) is 0 Å². The van der Waals surface area contributed by atoms with Gasteiger partial charge in [-0.25, -0.2) is 8.42 Å². The molecular weight excluding hydrogens is 437 g/mol. The van der Waals surface area contributed by atoms with Crippen molar-refractivity contribution in [1.29, 1.82) is 0 Å². The number of piperazine rings is 1. The molecule has 1 saturated heterocycles. The highest BCUT2D eigenvalue weighted by Crippen LogP contribution is 2.27. The molecule has 0 spiro atoms. The number of sulfonamides is 1. The van der Waals surface area contributed by atoms with Crippen LogP contribution in [0.3, 0.4) is 0 Å². The molecule has 10 heteroatoms. The lowest BCUT2D eigenvalue weighted by Gasteiger charge is -2.33. The van der Waals surface area contributed by atoms with Gasteiger partial charge in [-0.05, 0) is 42.5 Å². The van der Waals surface area contributed by atoms with E-state index in [9.17, 15) is 13.2 Å². The van der Waals surface area contributed by atoms with E-state index >= 15 is 0 Å². The van der Waals surface area contributed by atoms with E-state index in [0.717, 1.165) is 0 Å². The van der Waals surface area contributed by atoms with Crippen LogP contribution in [0.15, 0.2) is 47.4 Å². The van der Waals surface area contributed by atoms with Gasteiger partial charge in [0, 0.05) is 36.2 Å². The monoisotopic (exact) mass is 457 g/mol. The average Bonchev–Trinajstić information content (AvgIpc) is 2.69. The van der Waals surface area contributed by atoms with Crippen molar-refractivity contribution >= 4 is 44.8 Å². The summed E-state index contributed by atoms with van der Waals surface area (Å²) in [5, 5.41) is 3.76. The number of hydrogen-bond donors (Lipinski definition) is 1. The molecule has 0 saturated carbocycles. The number of methoxy groups -OCH3 is 1. The average molecular weight is 458 g/mol. The third kappa shape index (κ3) is 5.40. The molecule has 2 aromatic rings. The van der Waals surface area contributed by atoms with Crippen LogP contribution in [0, 0.1) is 0 Å². The summed E-state index contributed by atoms with van der Waals surface area (Å²) in [7, 11) is -2.06. The Morgan fingerprint density at radius 3 is 2.28 bits per heavy atom. The van der Waals surface area contributed by atoms with Crippen LogP contribution in [0.5, 0.6) is 5.75 Å². The first-order valence-electron chi connectivity index (χ1n) is 8.91. The lowest BCUT2D eigenvalue weighted by Crippen LogP contribution is -2.50. The summed E-state index contributed by atoms with van der Waals surface area (Å²) >= 11 is 11.8. The van der Waals surface area contributed by atoms with Crippen molar-refractivity contribution in [3.63, 3.8) is 0 Å². The molecule has 7 nitrogen and oxygen atoms in total. The fourth-order valence-electron chi connectivity index (χ4n) is 3.05. The van der Waals surface area contributed by atoms with Gasteiger partial charge in [0.2, 0.25) is 15.9 Å². The second-order valence-corrected chi connectivity index (χ2v) is 9.34. The molecule has 0 bridgehead atoms. The van der Waals surface area contributed by atoms with Crippen molar-refractivity contribution in [2.24, 2.45) is 0 Å². The number of nitrogens with zero attached hydrogens (tertiary/aromatic N) is 2. The summed E-state index contributed by atoms with van der Waals surface area (Å²) < 4.78 is 32.1. The van der Waals surface area contributed by atoms with Crippen LogP contribution >= 0.6 is 23.2 Å². The highest BCUT2D eigenvalue weighted by Gasteiger charge is 2.29. The topological polar surface area (TPSA) is 79.0 Å². The van der Waals surface area contributed by atoms with Crippen molar-refractivity contribution in [3.8, 4) is 5.75 Å². The Bertz CT molecular complexity index is 975. The lowest BCUT2D eigenvalue weighted by molar-refractivity contribution is -0.117. The quantitative estimate of drug-likeness (QED) is 0.720. The predicted molar refractivity (Wildman–Crippen MR) is 113 cm³/mol. The van der Waals surface area contributed by atoms with Crippen LogP contribution in [0.4, 0.5) is 5.69 Å². The van der Waals surface area contributed by atoms with Gasteiger partial charge < -0.3 is 10.1 Å². The summed E-state index contributed by atoms with van der Waals surface area (Å²) in [5.74, 6) is 0.293. The third-order valence-electron chi connectivity index (χ3n) is 4.59. The summed E-state index contributed by atoms with van der Waals surface area (Å²) in [5.41, 5.74) is 0.494. The molecule has 0 atom stereocenters. The lowest BCUT2D eigenvalue weighted by atomic mass is 10.3. The zero-order valence-corrected chi connectivity index (χ0v) is 18.1. The Kier molecular flexibility index (Phi) is 7.02. The number of rotatable bonds is 6. The molecule has 29 heavy (non-hydrogen) atoms. The third-order valence-corrected chi connectivity index (χ3v) is 6.99. The fourth-order valence-corrected chi connectivity index (χ4v) is 4.77. The number of anilines is 1. The second-order valence-electron chi connectivity index (χ2n) is 6.53. The molecule has 2 aromatic carbocycles. The first-order chi connectivity index (χ1) is 13.8. The number of nitrogens with one attached hydrogen (secondary N) is 1. The molecule has 3 rings (SSSR count). The maximum Gasteiger partial charge on any atom is 0.243 e. The van der Waals surface area contributed by atoms with Crippen molar-refractivity contribution in [2.45, 2.75) is 4.90 Å². The Morgan fingerprint density at radius 2 is 1.66 bits per heavy atom. The number of benzene rings is 2. The molecule has 0 unspecified atom stereocenters. The minimum atomic E-state index is -3.58. The van der Waals surface area contributed by atoms with Crippen LogP contribution in [-0.2, 0) is 14.8 Å².